The Kier molecular flexibility index (Phi) is 15.3. The zero-order chi connectivity index (χ0) is 36.8. The third-order valence-electron chi connectivity index (χ3n) is 7.16. The van der Waals surface area contributed by atoms with Crippen LogP contribution < -0.4 is 105 Å². The van der Waals surface area contributed by atoms with Crippen LogP contribution in [0.3, 0.4) is 0 Å². The van der Waals surface area contributed by atoms with Crippen LogP contribution in [-0.2, 0) is 25.3 Å². The number of nitrogens with zero attached hydrogens (tertiary/aromatic N) is 6. The predicted molar refractivity (Wildman–Crippen MR) is 173 cm³/mol. The minimum atomic E-state index is -4.80. The molecule has 1 amide bonds. The zero-order valence-electron chi connectivity index (χ0n) is 29.2. The molecule has 0 bridgehead atoms. The summed E-state index contributed by atoms with van der Waals surface area (Å²) in [5, 5.41) is 41.5. The van der Waals surface area contributed by atoms with E-state index in [-0.39, 0.29) is 104 Å². The molecular formula is C30H20ClN8Na3O10S2. The number of amides is 1. The molecule has 3 aromatic carbocycles. The van der Waals surface area contributed by atoms with E-state index in [0.717, 1.165) is 35.6 Å². The number of azo groups is 1. The Labute approximate surface area is 380 Å². The smallest absolute Gasteiger partial charge is 0.744 e. The van der Waals surface area contributed by atoms with Gasteiger partial charge in [-0.3, -0.25) is 4.79 Å². The number of aromatic nitrogens is 5. The number of fused-ring (bicyclic) bond motifs is 2. The molecule has 0 atom stereocenters. The van der Waals surface area contributed by atoms with Gasteiger partial charge in [-0.2, -0.15) is 5.10 Å². The number of benzene rings is 3. The molecule has 0 aliphatic heterocycles. The van der Waals surface area contributed by atoms with Crippen molar-refractivity contribution < 1.29 is 136 Å². The number of anilines is 1. The Morgan fingerprint density at radius 2 is 1.50 bits per heavy atom. The molecule has 262 valence electrons. The molecule has 0 radical (unpaired) electrons. The maximum Gasteiger partial charge on any atom is 1.00 e. The first-order valence-electron chi connectivity index (χ1n) is 14.3. The Morgan fingerprint density at radius 3 is 2.06 bits per heavy atom. The minimum Gasteiger partial charge on any atom is -0.744 e. The second-order valence-corrected chi connectivity index (χ2v) is 14.5. The van der Waals surface area contributed by atoms with Crippen molar-refractivity contribution in [1.82, 2.24) is 24.8 Å². The summed E-state index contributed by atoms with van der Waals surface area (Å²) in [6.45, 7) is 5.77. The van der Waals surface area contributed by atoms with Crippen molar-refractivity contribution in [2.45, 2.75) is 31.1 Å². The van der Waals surface area contributed by atoms with E-state index in [2.05, 4.69) is 45.5 Å². The Morgan fingerprint density at radius 1 is 0.907 bits per heavy atom. The SMILES string of the molecule is CC(C)(C)c1nn2nc(-c3ccc(NC(=O)c4cc(C(=O)O[O-])cc(C(=O)O[O-])c4)cc3)[nH]c2c1N=Nc1nc2cc(Cl)c(S(=O)(=O)[O-])cc2s1.[Na+].[Na+].[Na+]. The van der Waals surface area contributed by atoms with Crippen molar-refractivity contribution in [3.05, 3.63) is 82.0 Å². The molecule has 0 saturated heterocycles. The number of halogens is 1. The van der Waals surface area contributed by atoms with Crippen LogP contribution in [0.25, 0.3) is 27.3 Å². The molecule has 0 spiro atoms. The van der Waals surface area contributed by atoms with Gasteiger partial charge in [-0.05, 0) is 54.6 Å². The van der Waals surface area contributed by atoms with Crippen LogP contribution in [-0.4, -0.2) is 55.6 Å². The summed E-state index contributed by atoms with van der Waals surface area (Å²) in [4.78, 5) is 50.2. The van der Waals surface area contributed by atoms with E-state index >= 15 is 0 Å². The van der Waals surface area contributed by atoms with Gasteiger partial charge >= 0.3 is 101 Å². The van der Waals surface area contributed by atoms with Crippen LogP contribution in [0.4, 0.5) is 16.5 Å². The molecule has 24 heteroatoms. The summed E-state index contributed by atoms with van der Waals surface area (Å²) in [5.41, 5.74) is 0.890. The summed E-state index contributed by atoms with van der Waals surface area (Å²) in [6.07, 6.45) is 0. The van der Waals surface area contributed by atoms with Crippen LogP contribution in [0.15, 0.2) is 69.7 Å². The number of rotatable bonds is 8. The molecule has 6 rings (SSSR count). The summed E-state index contributed by atoms with van der Waals surface area (Å²) in [6, 6.07) is 11.7. The Hall–Kier alpha value is -2.64. The number of nitrogens with one attached hydrogen (secondary N) is 2. The number of thiazole rings is 1. The third-order valence-corrected chi connectivity index (χ3v) is 9.36. The average Bonchev–Trinajstić information content (AvgIpc) is 3.78. The summed E-state index contributed by atoms with van der Waals surface area (Å²) in [7, 11) is -4.80. The molecule has 3 aromatic heterocycles. The number of carbonyl (C=O) groups is 3. The summed E-state index contributed by atoms with van der Waals surface area (Å²) >= 11 is 6.99. The number of H-pyrrole nitrogens is 1. The van der Waals surface area contributed by atoms with Crippen LogP contribution in [0, 0.1) is 0 Å². The molecule has 2 N–H and O–H groups in total. The Bertz CT molecular complexity index is 2500. The van der Waals surface area contributed by atoms with Gasteiger partial charge in [0, 0.05) is 22.2 Å². The van der Waals surface area contributed by atoms with Gasteiger partial charge in [-0.15, -0.1) is 20.0 Å². The quantitative estimate of drug-likeness (QED) is 0.0479. The fourth-order valence-corrected chi connectivity index (χ4v) is 6.68. The molecule has 0 aliphatic carbocycles. The van der Waals surface area contributed by atoms with Gasteiger partial charge in [0.15, 0.2) is 17.2 Å². The topological polar surface area (TPSA) is 269 Å². The van der Waals surface area contributed by atoms with Gasteiger partial charge in [-0.1, -0.05) is 43.7 Å². The van der Waals surface area contributed by atoms with E-state index in [9.17, 15) is 37.9 Å². The first-order valence-corrected chi connectivity index (χ1v) is 16.9. The van der Waals surface area contributed by atoms with E-state index in [1.807, 2.05) is 20.8 Å². The van der Waals surface area contributed by atoms with Gasteiger partial charge in [-0.25, -0.2) is 23.0 Å². The third kappa shape index (κ3) is 9.83. The van der Waals surface area contributed by atoms with Crippen LogP contribution in [0.1, 0.15) is 57.5 Å². The Balaban J connectivity index is 0.00000261. The van der Waals surface area contributed by atoms with E-state index in [0.29, 0.717) is 44.3 Å². The monoisotopic (exact) mass is 820 g/mol. The molecule has 54 heavy (non-hydrogen) atoms. The number of hydrogen-bond donors (Lipinski definition) is 2. The van der Waals surface area contributed by atoms with Crippen LogP contribution in [0.2, 0.25) is 5.02 Å². The van der Waals surface area contributed by atoms with E-state index < -0.39 is 49.4 Å². The first-order chi connectivity index (χ1) is 24.0. The van der Waals surface area contributed by atoms with Crippen molar-refractivity contribution in [1.29, 1.82) is 0 Å². The standard InChI is InChI=1S/C30H23ClN8O10S2.3Na/c1-30(2,3)23-22(35-36-29-33-19-11-18(31)21(51(45,46)47)12-20(19)50-29)25-34-24(38-39(25)37-23)13-4-6-17(7-5-13)32-26(40)14-8-15(27(41)48-43)10-16(9-14)28(42)49-44;;;/h4-12,43-44H,1-3H3,(H,32,40)(H,34,38)(H,45,46,47);;;/q;3*+1/p-3. The van der Waals surface area contributed by atoms with Gasteiger partial charge < -0.3 is 35.1 Å². The fraction of sp³-hybridized carbons (Fsp3) is 0.133. The van der Waals surface area contributed by atoms with Gasteiger partial charge in [0.1, 0.15) is 10.1 Å². The number of aromatic amines is 1. The molecule has 6 aromatic rings. The number of carbonyl (C=O) groups excluding carboxylic acids is 3. The minimum absolute atomic E-state index is 0. The fourth-order valence-electron chi connectivity index (χ4n) is 4.79. The van der Waals surface area contributed by atoms with Crippen molar-refractivity contribution in [2.75, 3.05) is 5.32 Å². The second kappa shape index (κ2) is 18.1. The van der Waals surface area contributed by atoms with Crippen molar-refractivity contribution >= 4 is 83.3 Å². The largest absolute Gasteiger partial charge is 1.00 e. The number of hydrogen-bond acceptors (Lipinski definition) is 16. The second-order valence-electron chi connectivity index (χ2n) is 11.7. The summed E-state index contributed by atoms with van der Waals surface area (Å²) in [5.74, 6) is -3.17. The molecule has 0 aliphatic rings. The average molecular weight is 821 g/mol. The molecule has 0 saturated carbocycles. The normalized spacial score (nSPS) is 11.5. The van der Waals surface area contributed by atoms with E-state index in [1.165, 1.54) is 10.7 Å². The van der Waals surface area contributed by atoms with Crippen molar-refractivity contribution in [3.8, 4) is 11.4 Å². The van der Waals surface area contributed by atoms with Crippen molar-refractivity contribution in [3.63, 3.8) is 0 Å². The summed E-state index contributed by atoms with van der Waals surface area (Å²) < 4.78 is 36.4. The molecule has 18 nitrogen and oxygen atoms in total. The molecule has 0 unspecified atom stereocenters. The van der Waals surface area contributed by atoms with Gasteiger partial charge in [0.25, 0.3) is 5.91 Å². The van der Waals surface area contributed by atoms with E-state index in [4.69, 9.17) is 11.6 Å². The maximum absolute atomic E-state index is 12.9. The maximum atomic E-state index is 12.9. The van der Waals surface area contributed by atoms with Crippen LogP contribution in [0.5, 0.6) is 0 Å². The zero-order valence-corrected chi connectivity index (χ0v) is 37.5. The van der Waals surface area contributed by atoms with Crippen molar-refractivity contribution in [2.24, 2.45) is 10.2 Å². The molecule has 0 fully saturated rings. The van der Waals surface area contributed by atoms with Gasteiger partial charge in [0.05, 0.1) is 37.0 Å². The van der Waals surface area contributed by atoms with Crippen LogP contribution >= 0.6 is 22.9 Å². The van der Waals surface area contributed by atoms with E-state index in [1.54, 1.807) is 24.3 Å². The predicted octanol–water partition coefficient (Wildman–Crippen LogP) is -5.27. The molecule has 3 heterocycles. The molecular weight excluding hydrogens is 801 g/mol. The first kappa shape index (κ1) is 45.7. The van der Waals surface area contributed by atoms with Gasteiger partial charge in [0.2, 0.25) is 5.13 Å².